The highest BCUT2D eigenvalue weighted by molar-refractivity contribution is 9.12. The van der Waals surface area contributed by atoms with Crippen LogP contribution in [0.2, 0.25) is 0 Å². The summed E-state index contributed by atoms with van der Waals surface area (Å²) in [6.45, 7) is 7.01. The lowest BCUT2D eigenvalue weighted by Gasteiger charge is -2.35. The number of likely N-dealkylation sites (tertiary alicyclic amines) is 1. The van der Waals surface area contributed by atoms with Gasteiger partial charge in [-0.15, -0.1) is 0 Å². The third kappa shape index (κ3) is 5.54. The number of rotatable bonds is 5. The number of hydrogen-bond acceptors (Lipinski definition) is 7. The molecule has 1 aliphatic carbocycles. The zero-order valence-electron chi connectivity index (χ0n) is 17.7. The first-order chi connectivity index (χ1) is 14.3. The number of anilines is 1. The molecule has 10 heteroatoms. The van der Waals surface area contributed by atoms with Crippen molar-refractivity contribution in [1.82, 2.24) is 25.7 Å². The van der Waals surface area contributed by atoms with E-state index in [0.717, 1.165) is 29.0 Å². The Balaban J connectivity index is 1.26. The summed E-state index contributed by atoms with van der Waals surface area (Å²) >= 11 is 3.54. The first kappa shape index (κ1) is 21.2. The van der Waals surface area contributed by atoms with Crippen molar-refractivity contribution in [3.63, 3.8) is 0 Å². The second-order valence-corrected chi connectivity index (χ2v) is 9.92. The van der Waals surface area contributed by atoms with Gasteiger partial charge in [0.25, 0.3) is 0 Å². The highest BCUT2D eigenvalue weighted by Gasteiger charge is 2.29. The summed E-state index contributed by atoms with van der Waals surface area (Å²) in [7, 11) is 0. The summed E-state index contributed by atoms with van der Waals surface area (Å²) in [5, 5.41) is 17.7. The fourth-order valence-corrected chi connectivity index (χ4v) is 3.87. The number of halogens is 1. The number of piperidine rings is 1. The van der Waals surface area contributed by atoms with Crippen molar-refractivity contribution >= 4 is 34.1 Å². The normalized spacial score (nSPS) is 22.8. The fourth-order valence-electron chi connectivity index (χ4n) is 3.54. The van der Waals surface area contributed by atoms with Gasteiger partial charge in [-0.05, 0) is 62.4 Å². The number of carbonyl (C=O) groups excluding carboxylic acids is 1. The van der Waals surface area contributed by atoms with Crippen molar-refractivity contribution in [2.24, 2.45) is 4.99 Å². The number of allylic oxidation sites excluding steroid dienone is 1. The number of aromatic nitrogens is 2. The average Bonchev–Trinajstić information content (AvgIpc) is 3.43. The number of aromatic amines is 1. The average molecular weight is 480 g/mol. The lowest BCUT2D eigenvalue weighted by atomic mass is 10.1. The van der Waals surface area contributed by atoms with Crippen molar-refractivity contribution < 1.29 is 9.53 Å². The molecular formula is C20H30BrN7O2. The van der Waals surface area contributed by atoms with Crippen molar-refractivity contribution in [3.05, 3.63) is 22.1 Å². The van der Waals surface area contributed by atoms with Crippen LogP contribution in [0.3, 0.4) is 0 Å². The molecule has 30 heavy (non-hydrogen) atoms. The zero-order valence-corrected chi connectivity index (χ0v) is 19.3. The number of ether oxygens (including phenoxy) is 1. The third-order valence-corrected chi connectivity index (χ3v) is 5.87. The van der Waals surface area contributed by atoms with E-state index in [1.807, 2.05) is 20.8 Å². The van der Waals surface area contributed by atoms with Crippen LogP contribution < -0.4 is 16.0 Å². The summed E-state index contributed by atoms with van der Waals surface area (Å²) in [6, 6.07) is 2.33. The molecule has 1 atom stereocenters. The molecule has 9 nitrogen and oxygen atoms in total. The maximum Gasteiger partial charge on any atom is 0.410 e. The summed E-state index contributed by atoms with van der Waals surface area (Å²) in [5.41, 5.74) is 0.717. The molecule has 1 saturated heterocycles. The van der Waals surface area contributed by atoms with E-state index in [0.29, 0.717) is 19.0 Å². The van der Waals surface area contributed by atoms with Crippen LogP contribution in [-0.4, -0.2) is 58.4 Å². The Hall–Kier alpha value is -2.07. The largest absolute Gasteiger partial charge is 0.444 e. The Labute approximate surface area is 185 Å². The van der Waals surface area contributed by atoms with E-state index in [4.69, 9.17) is 4.74 Å². The van der Waals surface area contributed by atoms with Crippen molar-refractivity contribution in [3.8, 4) is 0 Å². The highest BCUT2D eigenvalue weighted by Crippen LogP contribution is 2.39. The lowest BCUT2D eigenvalue weighted by Crippen LogP contribution is -2.52. The molecule has 3 heterocycles. The van der Waals surface area contributed by atoms with Gasteiger partial charge >= 0.3 is 6.09 Å². The number of nitrogens with zero attached hydrogens (tertiary/aromatic N) is 3. The van der Waals surface area contributed by atoms with Crippen molar-refractivity contribution in [1.29, 1.82) is 0 Å². The molecule has 1 aromatic heterocycles. The second-order valence-electron chi connectivity index (χ2n) is 9.06. The number of amides is 1. The minimum atomic E-state index is -0.468. The third-order valence-electron chi connectivity index (χ3n) is 5.26. The molecule has 4 rings (SSSR count). The summed E-state index contributed by atoms with van der Waals surface area (Å²) in [6.07, 6.45) is 5.48. The molecule has 1 saturated carbocycles. The Kier molecular flexibility index (Phi) is 6.06. The van der Waals surface area contributed by atoms with Gasteiger partial charge in [0, 0.05) is 43.0 Å². The van der Waals surface area contributed by atoms with Crippen LogP contribution in [0.15, 0.2) is 21.4 Å². The fraction of sp³-hybridized carbons (Fsp3) is 0.650. The molecular weight excluding hydrogens is 450 g/mol. The molecule has 164 valence electrons. The first-order valence-electron chi connectivity index (χ1n) is 10.5. The van der Waals surface area contributed by atoms with Crippen LogP contribution >= 0.6 is 15.9 Å². The van der Waals surface area contributed by atoms with E-state index >= 15 is 0 Å². The maximum atomic E-state index is 12.2. The van der Waals surface area contributed by atoms with E-state index < -0.39 is 5.60 Å². The van der Waals surface area contributed by atoms with Gasteiger partial charge < -0.3 is 20.3 Å². The number of H-pyrrole nitrogens is 1. The predicted octanol–water partition coefficient (Wildman–Crippen LogP) is 3.21. The van der Waals surface area contributed by atoms with Crippen LogP contribution in [0, 0.1) is 0 Å². The van der Waals surface area contributed by atoms with Gasteiger partial charge in [0.2, 0.25) is 0 Å². The maximum absolute atomic E-state index is 12.2. The van der Waals surface area contributed by atoms with Crippen molar-refractivity contribution in [2.45, 2.75) is 70.3 Å². The van der Waals surface area contributed by atoms with Gasteiger partial charge in [-0.1, -0.05) is 0 Å². The number of hydrogen-bond donors (Lipinski definition) is 4. The molecule has 3 aliphatic rings. The van der Waals surface area contributed by atoms with Crippen LogP contribution in [0.25, 0.3) is 0 Å². The second kappa shape index (κ2) is 8.58. The monoisotopic (exact) mass is 479 g/mol. The van der Waals surface area contributed by atoms with Crippen LogP contribution in [0.1, 0.15) is 58.1 Å². The van der Waals surface area contributed by atoms with E-state index in [2.05, 4.69) is 53.1 Å². The molecule has 2 fully saturated rings. The van der Waals surface area contributed by atoms with Gasteiger partial charge in [0.05, 0.1) is 4.48 Å². The van der Waals surface area contributed by atoms with E-state index in [1.54, 1.807) is 11.1 Å². The molecule has 0 aromatic carbocycles. The van der Waals surface area contributed by atoms with Gasteiger partial charge in [-0.2, -0.15) is 5.10 Å². The topological polar surface area (TPSA) is 107 Å². The Morgan fingerprint density at radius 1 is 1.27 bits per heavy atom. The predicted molar refractivity (Wildman–Crippen MR) is 120 cm³/mol. The van der Waals surface area contributed by atoms with Crippen LogP contribution in [0.4, 0.5) is 10.6 Å². The summed E-state index contributed by atoms with van der Waals surface area (Å²) in [4.78, 5) is 18.5. The molecule has 2 aliphatic heterocycles. The van der Waals surface area contributed by atoms with Gasteiger partial charge in [0.1, 0.15) is 11.4 Å². The Morgan fingerprint density at radius 3 is 2.67 bits per heavy atom. The SMILES string of the molecule is CC(C)(C)OC(=O)N1CCC(NC2N=CC(Br)=C(Nc3cc(C4CC4)[nH]n3)N2)CC1. The summed E-state index contributed by atoms with van der Waals surface area (Å²) in [5.74, 6) is 2.24. The Bertz CT molecular complexity index is 832. The van der Waals surface area contributed by atoms with Crippen molar-refractivity contribution in [2.75, 3.05) is 18.4 Å². The number of carbonyl (C=O) groups is 1. The van der Waals surface area contributed by atoms with Crippen LogP contribution in [0.5, 0.6) is 0 Å². The van der Waals surface area contributed by atoms with E-state index in [1.165, 1.54) is 18.5 Å². The molecule has 0 spiro atoms. The standard InChI is InChI=1S/C20H30BrN7O2/c1-20(2,3)30-19(29)28-8-6-13(7-9-28)23-18-22-11-14(21)17(25-18)24-16-10-15(26-27-16)12-4-5-12/h10-13,18,23,25H,4-9H2,1-3H3,(H2,24,26,27). The number of aliphatic imine (C=N–C) groups is 1. The number of nitrogens with one attached hydrogen (secondary N) is 4. The molecule has 0 radical (unpaired) electrons. The van der Waals surface area contributed by atoms with Gasteiger partial charge in [-0.3, -0.25) is 15.4 Å². The molecule has 4 N–H and O–H groups in total. The summed E-state index contributed by atoms with van der Waals surface area (Å²) < 4.78 is 6.31. The Morgan fingerprint density at radius 2 is 2.00 bits per heavy atom. The first-order valence-corrected chi connectivity index (χ1v) is 11.3. The smallest absolute Gasteiger partial charge is 0.410 e. The quantitative estimate of drug-likeness (QED) is 0.516. The van der Waals surface area contributed by atoms with E-state index in [-0.39, 0.29) is 18.4 Å². The van der Waals surface area contributed by atoms with Gasteiger partial charge in [-0.25, -0.2) is 4.79 Å². The van der Waals surface area contributed by atoms with Crippen LogP contribution in [-0.2, 0) is 4.74 Å². The van der Waals surface area contributed by atoms with E-state index in [9.17, 15) is 4.79 Å². The minimum absolute atomic E-state index is 0.238. The highest BCUT2D eigenvalue weighted by atomic mass is 79.9. The molecule has 1 aromatic rings. The lowest BCUT2D eigenvalue weighted by molar-refractivity contribution is 0.0195. The zero-order chi connectivity index (χ0) is 21.3. The molecule has 1 amide bonds. The molecule has 0 bridgehead atoms. The van der Waals surface area contributed by atoms with Gasteiger partial charge in [0.15, 0.2) is 12.1 Å². The molecule has 1 unspecified atom stereocenters. The minimum Gasteiger partial charge on any atom is -0.444 e.